The molecule has 198 valence electrons. The Bertz CT molecular complexity index is 2230. The van der Waals surface area contributed by atoms with Gasteiger partial charge in [0.25, 0.3) is 0 Å². The van der Waals surface area contributed by atoms with Crippen molar-refractivity contribution in [3.05, 3.63) is 141 Å². The fourth-order valence-corrected chi connectivity index (χ4v) is 5.85. The van der Waals surface area contributed by atoms with Crippen LogP contribution in [0.4, 0.5) is 0 Å². The Labute approximate surface area is 240 Å². The summed E-state index contributed by atoms with van der Waals surface area (Å²) in [6.45, 7) is 0. The van der Waals surface area contributed by atoms with Gasteiger partial charge >= 0.3 is 0 Å². The lowest BCUT2D eigenvalue weighted by Gasteiger charge is -2.19. The van der Waals surface area contributed by atoms with Crippen molar-refractivity contribution < 1.29 is 0 Å². The van der Waals surface area contributed by atoms with Gasteiger partial charge in [-0.15, -0.1) is 0 Å². The van der Waals surface area contributed by atoms with Crippen LogP contribution in [0, 0.1) is 22.7 Å². The van der Waals surface area contributed by atoms with E-state index in [1.165, 1.54) is 0 Å². The molecule has 0 bridgehead atoms. The first kappa shape index (κ1) is 25.0. The zero-order valence-electron chi connectivity index (χ0n) is 22.4. The monoisotopic (exact) mass is 542 g/mol. The number of fused-ring (bicyclic) bond motifs is 4. The molecule has 0 fully saturated rings. The Hall–Kier alpha value is -5.98. The first-order valence-electron chi connectivity index (χ1n) is 13.6. The van der Waals surface area contributed by atoms with Crippen molar-refractivity contribution in [2.75, 3.05) is 0 Å². The fraction of sp³-hybridized carbons (Fsp3) is 0.0556. The molecule has 0 aliphatic heterocycles. The highest BCUT2D eigenvalue weighted by molar-refractivity contribution is 6.05. The Morgan fingerprint density at radius 1 is 0.476 bits per heavy atom. The van der Waals surface area contributed by atoms with Gasteiger partial charge in [0.2, 0.25) is 0 Å². The number of benzene rings is 5. The molecule has 6 nitrogen and oxygen atoms in total. The number of aromatic nitrogens is 2. The number of hydrogen-bond donors (Lipinski definition) is 0. The normalized spacial score (nSPS) is 11.2. The lowest BCUT2D eigenvalue weighted by Crippen LogP contribution is -2.14. The molecule has 0 unspecified atom stereocenters. The predicted molar refractivity (Wildman–Crippen MR) is 166 cm³/mol. The topological polar surface area (TPSA) is 91.6 Å². The van der Waals surface area contributed by atoms with E-state index in [1.54, 1.807) is 0 Å². The maximum atomic E-state index is 14.0. The molecule has 2 aromatic heterocycles. The van der Waals surface area contributed by atoms with Crippen LogP contribution in [0.3, 0.4) is 0 Å². The summed E-state index contributed by atoms with van der Waals surface area (Å²) in [7, 11) is 0. The van der Waals surface area contributed by atoms with Crippen LogP contribution in [0.25, 0.3) is 55.0 Å². The predicted octanol–water partition coefficient (Wildman–Crippen LogP) is 6.73. The summed E-state index contributed by atoms with van der Waals surface area (Å²) in [4.78, 5) is 28.0. The van der Waals surface area contributed by atoms with Crippen molar-refractivity contribution in [1.82, 2.24) is 9.13 Å². The summed E-state index contributed by atoms with van der Waals surface area (Å²) >= 11 is 0. The van der Waals surface area contributed by atoms with E-state index in [-0.39, 0.29) is 10.9 Å². The molecular formula is C36H22N4O2. The van der Waals surface area contributed by atoms with Crippen LogP contribution >= 0.6 is 0 Å². The third-order valence-electron chi connectivity index (χ3n) is 7.82. The SMILES string of the molecule is N#CCc1ccc(-n2c3ccccc3c(=O)c3cc4c(cc32)c(=O)c2ccccc2n4-c2ccc(CC#N)cc2)cc1. The summed E-state index contributed by atoms with van der Waals surface area (Å²) in [5.41, 5.74) is 5.94. The summed E-state index contributed by atoms with van der Waals surface area (Å²) in [6.07, 6.45) is 0.612. The Morgan fingerprint density at radius 2 is 0.857 bits per heavy atom. The number of nitriles is 2. The van der Waals surface area contributed by atoms with E-state index in [0.717, 1.165) is 33.5 Å². The molecule has 7 rings (SSSR count). The average molecular weight is 543 g/mol. The molecule has 0 amide bonds. The van der Waals surface area contributed by atoms with Gasteiger partial charge in [0, 0.05) is 32.9 Å². The summed E-state index contributed by atoms with van der Waals surface area (Å²) in [5, 5.41) is 20.4. The van der Waals surface area contributed by atoms with Gasteiger partial charge in [-0.3, -0.25) is 9.59 Å². The van der Waals surface area contributed by atoms with Gasteiger partial charge in [-0.25, -0.2) is 0 Å². The first-order valence-corrected chi connectivity index (χ1v) is 13.6. The van der Waals surface area contributed by atoms with Gasteiger partial charge in [-0.1, -0.05) is 48.5 Å². The molecule has 42 heavy (non-hydrogen) atoms. The Kier molecular flexibility index (Phi) is 5.89. The molecule has 0 atom stereocenters. The minimum atomic E-state index is -0.114. The summed E-state index contributed by atoms with van der Waals surface area (Å²) in [6, 6.07) is 38.4. The molecule has 6 heteroatoms. The van der Waals surface area contributed by atoms with E-state index in [9.17, 15) is 9.59 Å². The van der Waals surface area contributed by atoms with Crippen molar-refractivity contribution in [3.63, 3.8) is 0 Å². The molecule has 0 aliphatic rings. The average Bonchev–Trinajstić information content (AvgIpc) is 3.03. The van der Waals surface area contributed by atoms with Crippen molar-refractivity contribution in [2.45, 2.75) is 12.8 Å². The molecule has 2 heterocycles. The van der Waals surface area contributed by atoms with Crippen LogP contribution in [0.5, 0.6) is 0 Å². The lowest BCUT2D eigenvalue weighted by molar-refractivity contribution is 1.14. The minimum Gasteiger partial charge on any atom is -0.309 e. The Morgan fingerprint density at radius 3 is 1.24 bits per heavy atom. The van der Waals surface area contributed by atoms with Crippen LogP contribution in [-0.4, -0.2) is 9.13 Å². The molecule has 0 spiro atoms. The van der Waals surface area contributed by atoms with Crippen LogP contribution in [0.15, 0.2) is 119 Å². The largest absolute Gasteiger partial charge is 0.309 e. The quantitative estimate of drug-likeness (QED) is 0.231. The van der Waals surface area contributed by atoms with Crippen LogP contribution in [0.1, 0.15) is 11.1 Å². The molecule has 0 saturated heterocycles. The van der Waals surface area contributed by atoms with E-state index in [2.05, 4.69) is 12.1 Å². The Balaban J connectivity index is 1.64. The molecule has 7 aromatic rings. The van der Waals surface area contributed by atoms with Crippen LogP contribution in [-0.2, 0) is 12.8 Å². The van der Waals surface area contributed by atoms with Crippen LogP contribution in [0.2, 0.25) is 0 Å². The summed E-state index contributed by atoms with van der Waals surface area (Å²) < 4.78 is 4.02. The van der Waals surface area contributed by atoms with E-state index in [4.69, 9.17) is 10.5 Å². The van der Waals surface area contributed by atoms with E-state index in [1.807, 2.05) is 118 Å². The highest BCUT2D eigenvalue weighted by Gasteiger charge is 2.18. The van der Waals surface area contributed by atoms with E-state index < -0.39 is 0 Å². The lowest BCUT2D eigenvalue weighted by atomic mass is 10.0. The number of hydrogen-bond acceptors (Lipinski definition) is 4. The molecule has 0 aliphatic carbocycles. The van der Waals surface area contributed by atoms with Gasteiger partial charge in [0.05, 0.1) is 47.0 Å². The molecule has 0 saturated carbocycles. The third-order valence-corrected chi connectivity index (χ3v) is 7.82. The zero-order valence-corrected chi connectivity index (χ0v) is 22.4. The zero-order chi connectivity index (χ0) is 28.8. The highest BCUT2D eigenvalue weighted by atomic mass is 16.1. The van der Waals surface area contributed by atoms with E-state index >= 15 is 0 Å². The summed E-state index contributed by atoms with van der Waals surface area (Å²) in [5.74, 6) is 0. The second-order valence-corrected chi connectivity index (χ2v) is 10.3. The number of pyridine rings is 2. The standard InChI is InChI=1S/C36H22N4O2/c37-19-17-23-9-13-25(14-10-23)39-31-7-3-1-5-27(31)35(41)29-21-34-30(22-33(29)39)36(42)28-6-2-4-8-32(28)40(34)26-15-11-24(12-16-26)18-20-38/h1-16,21-22H,17-18H2. The molecule has 0 N–H and O–H groups in total. The second-order valence-electron chi connectivity index (χ2n) is 10.3. The van der Waals surface area contributed by atoms with E-state index in [0.29, 0.717) is 45.4 Å². The van der Waals surface area contributed by atoms with Gasteiger partial charge in [0.15, 0.2) is 10.9 Å². The van der Waals surface area contributed by atoms with Crippen molar-refractivity contribution in [1.29, 1.82) is 10.5 Å². The maximum absolute atomic E-state index is 14.0. The highest BCUT2D eigenvalue weighted by Crippen LogP contribution is 2.30. The second kappa shape index (κ2) is 9.89. The van der Waals surface area contributed by atoms with Gasteiger partial charge in [-0.2, -0.15) is 10.5 Å². The fourth-order valence-electron chi connectivity index (χ4n) is 5.85. The maximum Gasteiger partial charge on any atom is 0.197 e. The van der Waals surface area contributed by atoms with Gasteiger partial charge in [-0.05, 0) is 71.8 Å². The molecule has 0 radical (unpaired) electrons. The molecule has 5 aromatic carbocycles. The molecular weight excluding hydrogens is 520 g/mol. The number of para-hydroxylation sites is 2. The minimum absolute atomic E-state index is 0.114. The smallest absolute Gasteiger partial charge is 0.197 e. The van der Waals surface area contributed by atoms with Crippen molar-refractivity contribution >= 4 is 43.6 Å². The first-order chi connectivity index (χ1) is 20.6. The van der Waals surface area contributed by atoms with Crippen molar-refractivity contribution in [3.8, 4) is 23.5 Å². The van der Waals surface area contributed by atoms with Crippen LogP contribution < -0.4 is 10.9 Å². The third kappa shape index (κ3) is 3.86. The number of nitrogens with zero attached hydrogens (tertiary/aromatic N) is 4. The van der Waals surface area contributed by atoms with Gasteiger partial charge in [0.1, 0.15) is 0 Å². The number of rotatable bonds is 4. The van der Waals surface area contributed by atoms with Crippen molar-refractivity contribution in [2.24, 2.45) is 0 Å². The van der Waals surface area contributed by atoms with Gasteiger partial charge < -0.3 is 9.13 Å².